The normalized spacial score (nSPS) is 13.1. The lowest BCUT2D eigenvalue weighted by atomic mass is 10.2. The van der Waals surface area contributed by atoms with E-state index >= 15 is 0 Å². The summed E-state index contributed by atoms with van der Waals surface area (Å²) in [6, 6.07) is 10.9. The SMILES string of the molecule is CC(C(=O)Nc1cccc(C(F)(F)F)c1)N(c1ccccc1)S(C)(=O)=O. The van der Waals surface area contributed by atoms with E-state index in [0.29, 0.717) is 0 Å². The van der Waals surface area contributed by atoms with Crippen molar-refractivity contribution in [1.82, 2.24) is 0 Å². The van der Waals surface area contributed by atoms with Crippen LogP contribution in [0.2, 0.25) is 0 Å². The van der Waals surface area contributed by atoms with E-state index in [1.54, 1.807) is 18.2 Å². The number of carbonyl (C=O) groups excluding carboxylic acids is 1. The molecule has 0 aliphatic carbocycles. The average molecular weight is 386 g/mol. The van der Waals surface area contributed by atoms with Crippen LogP contribution in [0.1, 0.15) is 12.5 Å². The van der Waals surface area contributed by atoms with E-state index in [2.05, 4.69) is 5.32 Å². The van der Waals surface area contributed by atoms with Gasteiger partial charge in [0.05, 0.1) is 17.5 Å². The van der Waals surface area contributed by atoms with Crippen molar-refractivity contribution in [3.05, 3.63) is 60.2 Å². The van der Waals surface area contributed by atoms with Gasteiger partial charge in [-0.1, -0.05) is 24.3 Å². The minimum atomic E-state index is -4.55. The second-order valence-electron chi connectivity index (χ2n) is 5.64. The molecule has 0 aliphatic rings. The molecule has 2 aromatic carbocycles. The van der Waals surface area contributed by atoms with Crippen LogP contribution in [-0.4, -0.2) is 26.6 Å². The first kappa shape index (κ1) is 19.8. The molecule has 9 heteroatoms. The van der Waals surface area contributed by atoms with Gasteiger partial charge in [0.1, 0.15) is 6.04 Å². The fraction of sp³-hybridized carbons (Fsp3) is 0.235. The Bertz CT molecular complexity index is 884. The van der Waals surface area contributed by atoms with Crippen LogP contribution in [-0.2, 0) is 21.0 Å². The first-order chi connectivity index (χ1) is 12.0. The predicted molar refractivity (Wildman–Crippen MR) is 93.3 cm³/mol. The van der Waals surface area contributed by atoms with Gasteiger partial charge in [0.15, 0.2) is 0 Å². The van der Waals surface area contributed by atoms with Crippen LogP contribution in [0.15, 0.2) is 54.6 Å². The molecule has 0 saturated carbocycles. The second kappa shape index (κ2) is 7.36. The molecule has 5 nitrogen and oxygen atoms in total. The molecule has 2 aromatic rings. The highest BCUT2D eigenvalue weighted by molar-refractivity contribution is 7.92. The van der Waals surface area contributed by atoms with Crippen LogP contribution in [0.3, 0.4) is 0 Å². The monoisotopic (exact) mass is 386 g/mol. The Hall–Kier alpha value is -2.55. The maximum absolute atomic E-state index is 12.8. The number of halogens is 3. The number of anilines is 2. The van der Waals surface area contributed by atoms with Crippen LogP contribution < -0.4 is 9.62 Å². The van der Waals surface area contributed by atoms with Crippen LogP contribution in [0.25, 0.3) is 0 Å². The van der Waals surface area contributed by atoms with Crippen molar-refractivity contribution in [3.8, 4) is 0 Å². The molecule has 0 aliphatic heterocycles. The van der Waals surface area contributed by atoms with Crippen molar-refractivity contribution in [3.63, 3.8) is 0 Å². The van der Waals surface area contributed by atoms with Gasteiger partial charge < -0.3 is 5.32 Å². The standard InChI is InChI=1S/C17H17F3N2O3S/c1-12(22(26(2,24)25)15-9-4-3-5-10-15)16(23)21-14-8-6-7-13(11-14)17(18,19)20/h3-12H,1-2H3,(H,21,23). The Morgan fingerprint density at radius 3 is 2.23 bits per heavy atom. The fourth-order valence-corrected chi connectivity index (χ4v) is 3.58. The number of amides is 1. The van der Waals surface area contributed by atoms with Crippen LogP contribution in [0.5, 0.6) is 0 Å². The zero-order valence-corrected chi connectivity index (χ0v) is 14.8. The molecular formula is C17H17F3N2O3S. The molecule has 0 fully saturated rings. The third kappa shape index (κ3) is 4.75. The smallest absolute Gasteiger partial charge is 0.324 e. The van der Waals surface area contributed by atoms with E-state index < -0.39 is 33.7 Å². The molecule has 0 radical (unpaired) electrons. The predicted octanol–water partition coefficient (Wildman–Crippen LogP) is 3.50. The fourth-order valence-electron chi connectivity index (χ4n) is 2.40. The first-order valence-electron chi connectivity index (χ1n) is 7.53. The van der Waals surface area contributed by atoms with Crippen molar-refractivity contribution < 1.29 is 26.4 Å². The molecule has 0 bridgehead atoms. The number of alkyl halides is 3. The molecule has 1 N–H and O–H groups in total. The maximum Gasteiger partial charge on any atom is 0.416 e. The molecule has 0 aromatic heterocycles. The Labute approximate surface area is 149 Å². The van der Waals surface area contributed by atoms with Gasteiger partial charge in [-0.15, -0.1) is 0 Å². The van der Waals surface area contributed by atoms with Gasteiger partial charge in [-0.25, -0.2) is 8.42 Å². The lowest BCUT2D eigenvalue weighted by Gasteiger charge is -2.28. The van der Waals surface area contributed by atoms with Crippen LogP contribution >= 0.6 is 0 Å². The van der Waals surface area contributed by atoms with E-state index in [-0.39, 0.29) is 11.4 Å². The Morgan fingerprint density at radius 1 is 1.08 bits per heavy atom. The average Bonchev–Trinajstić information content (AvgIpc) is 2.54. The Morgan fingerprint density at radius 2 is 1.69 bits per heavy atom. The summed E-state index contributed by atoms with van der Waals surface area (Å²) < 4.78 is 63.4. The number of nitrogens with one attached hydrogen (secondary N) is 1. The van der Waals surface area contributed by atoms with Crippen molar-refractivity contribution >= 4 is 27.3 Å². The minimum Gasteiger partial charge on any atom is -0.324 e. The summed E-state index contributed by atoms with van der Waals surface area (Å²) in [6.45, 7) is 1.36. The zero-order chi connectivity index (χ0) is 19.5. The highest BCUT2D eigenvalue weighted by Gasteiger charge is 2.32. The number of sulfonamides is 1. The molecule has 0 heterocycles. The van der Waals surface area contributed by atoms with Gasteiger partial charge in [0.2, 0.25) is 15.9 Å². The van der Waals surface area contributed by atoms with Gasteiger partial charge in [0.25, 0.3) is 0 Å². The van der Waals surface area contributed by atoms with Crippen molar-refractivity contribution in [2.45, 2.75) is 19.1 Å². The summed E-state index contributed by atoms with van der Waals surface area (Å²) in [7, 11) is -3.79. The largest absolute Gasteiger partial charge is 0.416 e. The van der Waals surface area contributed by atoms with Gasteiger partial charge in [-0.05, 0) is 37.3 Å². The van der Waals surface area contributed by atoms with Crippen molar-refractivity contribution in [2.24, 2.45) is 0 Å². The summed E-state index contributed by atoms with van der Waals surface area (Å²) in [6.07, 6.45) is -3.59. The number of para-hydroxylation sites is 1. The minimum absolute atomic E-state index is 0.0711. The zero-order valence-electron chi connectivity index (χ0n) is 14.0. The third-order valence-corrected chi connectivity index (χ3v) is 4.80. The van der Waals surface area contributed by atoms with Gasteiger partial charge in [-0.3, -0.25) is 9.10 Å². The number of hydrogen-bond donors (Lipinski definition) is 1. The number of nitrogens with zero attached hydrogens (tertiary/aromatic N) is 1. The second-order valence-corrected chi connectivity index (χ2v) is 7.50. The molecule has 1 amide bonds. The van der Waals surface area contributed by atoms with Crippen LogP contribution in [0.4, 0.5) is 24.5 Å². The summed E-state index contributed by atoms with van der Waals surface area (Å²) in [5, 5.41) is 2.33. The summed E-state index contributed by atoms with van der Waals surface area (Å²) in [4.78, 5) is 12.4. The molecule has 0 saturated heterocycles. The lowest BCUT2D eigenvalue weighted by molar-refractivity contribution is -0.137. The topological polar surface area (TPSA) is 66.5 Å². The summed E-state index contributed by atoms with van der Waals surface area (Å²) >= 11 is 0. The van der Waals surface area contributed by atoms with Gasteiger partial charge >= 0.3 is 6.18 Å². The molecule has 140 valence electrons. The number of carbonyl (C=O) groups is 1. The van der Waals surface area contributed by atoms with Crippen molar-refractivity contribution in [1.29, 1.82) is 0 Å². The van der Waals surface area contributed by atoms with Crippen molar-refractivity contribution in [2.75, 3.05) is 15.9 Å². The molecule has 1 atom stereocenters. The van der Waals surface area contributed by atoms with E-state index in [9.17, 15) is 26.4 Å². The summed E-state index contributed by atoms with van der Waals surface area (Å²) in [5.41, 5.74) is -0.703. The molecule has 1 unspecified atom stereocenters. The number of benzene rings is 2. The van der Waals surface area contributed by atoms with Gasteiger partial charge in [-0.2, -0.15) is 13.2 Å². The van der Waals surface area contributed by atoms with E-state index in [0.717, 1.165) is 28.8 Å². The van der Waals surface area contributed by atoms with E-state index in [4.69, 9.17) is 0 Å². The van der Waals surface area contributed by atoms with Crippen LogP contribution in [0, 0.1) is 0 Å². The number of rotatable bonds is 5. The lowest BCUT2D eigenvalue weighted by Crippen LogP contribution is -2.45. The Kier molecular flexibility index (Phi) is 5.60. The van der Waals surface area contributed by atoms with Gasteiger partial charge in [0, 0.05) is 5.69 Å². The molecular weight excluding hydrogens is 369 g/mol. The number of hydrogen-bond acceptors (Lipinski definition) is 3. The third-order valence-electron chi connectivity index (χ3n) is 3.56. The molecule has 26 heavy (non-hydrogen) atoms. The highest BCUT2D eigenvalue weighted by Crippen LogP contribution is 2.30. The van der Waals surface area contributed by atoms with E-state index in [1.165, 1.54) is 25.1 Å². The molecule has 2 rings (SSSR count). The quantitative estimate of drug-likeness (QED) is 0.855. The van der Waals surface area contributed by atoms with E-state index in [1.807, 2.05) is 0 Å². The first-order valence-corrected chi connectivity index (χ1v) is 9.37. The highest BCUT2D eigenvalue weighted by atomic mass is 32.2. The molecule has 0 spiro atoms. The maximum atomic E-state index is 12.8. The summed E-state index contributed by atoms with van der Waals surface area (Å²) in [5.74, 6) is -0.751. The Balaban J connectivity index is 2.28.